The van der Waals surface area contributed by atoms with E-state index in [9.17, 15) is 0 Å². The van der Waals surface area contributed by atoms with Crippen LogP contribution in [-0.2, 0) is 0 Å². The zero-order valence-corrected chi connectivity index (χ0v) is 10.1. The number of nitriles is 1. The van der Waals surface area contributed by atoms with Crippen LogP contribution in [0.25, 0.3) is 0 Å². The average Bonchev–Trinajstić information content (AvgIpc) is 2.17. The zero-order valence-electron chi connectivity index (χ0n) is 7.74. The molecule has 0 fully saturated rings. The molecule has 0 aliphatic carbocycles. The van der Waals surface area contributed by atoms with Crippen LogP contribution >= 0.6 is 35.1 Å². The van der Waals surface area contributed by atoms with Crippen molar-refractivity contribution in [3.63, 3.8) is 0 Å². The maximum Gasteiger partial charge on any atom is 0.190 e. The number of halogens is 1. The summed E-state index contributed by atoms with van der Waals surface area (Å²) in [6.45, 7) is 2.01. The standard InChI is InChI=1S/C8H8ClN3S2/c1-3-14-8-11-6(9)5(4-10)7(12-8)13-2/h3H2,1-2H3. The highest BCUT2D eigenvalue weighted by molar-refractivity contribution is 7.99. The molecule has 0 atom stereocenters. The van der Waals surface area contributed by atoms with Crippen molar-refractivity contribution in [2.24, 2.45) is 0 Å². The van der Waals surface area contributed by atoms with Crippen molar-refractivity contribution >= 4 is 35.1 Å². The van der Waals surface area contributed by atoms with Gasteiger partial charge in [0, 0.05) is 0 Å². The summed E-state index contributed by atoms with van der Waals surface area (Å²) < 4.78 is 0. The number of nitrogens with zero attached hydrogens (tertiary/aromatic N) is 3. The molecule has 0 N–H and O–H groups in total. The first kappa shape index (κ1) is 11.6. The molecule has 14 heavy (non-hydrogen) atoms. The van der Waals surface area contributed by atoms with E-state index in [1.54, 1.807) is 0 Å². The number of aromatic nitrogens is 2. The van der Waals surface area contributed by atoms with Gasteiger partial charge >= 0.3 is 0 Å². The zero-order chi connectivity index (χ0) is 10.6. The van der Waals surface area contributed by atoms with Gasteiger partial charge in [-0.15, -0.1) is 11.8 Å². The predicted molar refractivity (Wildman–Crippen MR) is 59.9 cm³/mol. The molecule has 6 heteroatoms. The first-order valence-corrected chi connectivity index (χ1v) is 6.46. The molecule has 0 radical (unpaired) electrons. The summed E-state index contributed by atoms with van der Waals surface area (Å²) in [5.41, 5.74) is 0.361. The molecule has 0 unspecified atom stereocenters. The molecule has 3 nitrogen and oxygen atoms in total. The van der Waals surface area contributed by atoms with Gasteiger partial charge in [-0.1, -0.05) is 30.3 Å². The number of thioether (sulfide) groups is 2. The predicted octanol–water partition coefficient (Wildman–Crippen LogP) is 2.84. The van der Waals surface area contributed by atoms with E-state index in [1.165, 1.54) is 23.5 Å². The molecule has 0 spiro atoms. The lowest BCUT2D eigenvalue weighted by molar-refractivity contribution is 0.884. The Morgan fingerprint density at radius 1 is 1.50 bits per heavy atom. The Morgan fingerprint density at radius 2 is 2.21 bits per heavy atom. The van der Waals surface area contributed by atoms with Crippen molar-refractivity contribution in [1.82, 2.24) is 9.97 Å². The Labute approximate surface area is 96.3 Å². The lowest BCUT2D eigenvalue weighted by atomic mass is 10.4. The van der Waals surface area contributed by atoms with Gasteiger partial charge in [-0.3, -0.25) is 0 Å². The van der Waals surface area contributed by atoms with Crippen LogP contribution in [0.2, 0.25) is 5.15 Å². The quantitative estimate of drug-likeness (QED) is 0.466. The number of hydrogen-bond donors (Lipinski definition) is 0. The largest absolute Gasteiger partial charge is 0.215 e. The third-order valence-electron chi connectivity index (χ3n) is 1.39. The minimum Gasteiger partial charge on any atom is -0.215 e. The van der Waals surface area contributed by atoms with Gasteiger partial charge < -0.3 is 0 Å². The van der Waals surface area contributed by atoms with Crippen molar-refractivity contribution in [3.8, 4) is 6.07 Å². The van der Waals surface area contributed by atoms with E-state index in [2.05, 4.69) is 9.97 Å². The Bertz CT molecular complexity index is 376. The molecule has 1 rings (SSSR count). The summed E-state index contributed by atoms with van der Waals surface area (Å²) in [7, 11) is 0. The van der Waals surface area contributed by atoms with Gasteiger partial charge in [0.25, 0.3) is 0 Å². The molecule has 0 saturated carbocycles. The highest BCUT2D eigenvalue weighted by atomic mass is 35.5. The van der Waals surface area contributed by atoms with E-state index in [-0.39, 0.29) is 5.15 Å². The molecular formula is C8H8ClN3S2. The van der Waals surface area contributed by atoms with Crippen LogP contribution in [0.15, 0.2) is 10.2 Å². The summed E-state index contributed by atoms with van der Waals surface area (Å²) in [6, 6.07) is 2.00. The van der Waals surface area contributed by atoms with E-state index >= 15 is 0 Å². The maximum atomic E-state index is 8.82. The monoisotopic (exact) mass is 245 g/mol. The van der Waals surface area contributed by atoms with Gasteiger partial charge in [0.2, 0.25) is 0 Å². The smallest absolute Gasteiger partial charge is 0.190 e. The van der Waals surface area contributed by atoms with Crippen LogP contribution in [0.5, 0.6) is 0 Å². The second-order valence-electron chi connectivity index (χ2n) is 2.23. The number of hydrogen-bond acceptors (Lipinski definition) is 5. The number of rotatable bonds is 3. The molecule has 1 aromatic rings. The molecule has 74 valence electrons. The van der Waals surface area contributed by atoms with Gasteiger partial charge in [-0.05, 0) is 12.0 Å². The summed E-state index contributed by atoms with van der Waals surface area (Å²) in [4.78, 5) is 8.24. The third-order valence-corrected chi connectivity index (χ3v) is 3.07. The average molecular weight is 246 g/mol. The van der Waals surface area contributed by atoms with Gasteiger partial charge in [-0.2, -0.15) is 5.26 Å². The van der Waals surface area contributed by atoms with Crippen molar-refractivity contribution in [3.05, 3.63) is 10.7 Å². The van der Waals surface area contributed by atoms with Crippen LogP contribution in [0.4, 0.5) is 0 Å². The second-order valence-corrected chi connectivity index (χ2v) is 4.61. The third kappa shape index (κ3) is 2.53. The molecule has 0 aliphatic rings. The van der Waals surface area contributed by atoms with Crippen molar-refractivity contribution in [2.75, 3.05) is 12.0 Å². The summed E-state index contributed by atoms with van der Waals surface area (Å²) in [6.07, 6.45) is 1.86. The molecule has 1 aromatic heterocycles. The van der Waals surface area contributed by atoms with Crippen molar-refractivity contribution in [1.29, 1.82) is 5.26 Å². The summed E-state index contributed by atoms with van der Waals surface area (Å²) in [5.74, 6) is 0.885. The molecule has 0 bridgehead atoms. The fourth-order valence-corrected chi connectivity index (χ4v) is 2.30. The molecule has 0 saturated heterocycles. The van der Waals surface area contributed by atoms with Crippen LogP contribution in [0, 0.1) is 11.3 Å². The van der Waals surface area contributed by atoms with Crippen molar-refractivity contribution in [2.45, 2.75) is 17.1 Å². The lowest BCUT2D eigenvalue weighted by Crippen LogP contribution is -1.95. The molecule has 1 heterocycles. The second kappa shape index (κ2) is 5.44. The van der Waals surface area contributed by atoms with Gasteiger partial charge in [0.05, 0.1) is 0 Å². The Kier molecular flexibility index (Phi) is 4.52. The van der Waals surface area contributed by atoms with Gasteiger partial charge in [0.15, 0.2) is 10.3 Å². The minimum absolute atomic E-state index is 0.239. The fourth-order valence-electron chi connectivity index (χ4n) is 0.831. The van der Waals surface area contributed by atoms with Gasteiger partial charge in [0.1, 0.15) is 16.7 Å². The SMILES string of the molecule is CCSc1nc(Cl)c(C#N)c(SC)n1. The molecular weight excluding hydrogens is 238 g/mol. The topological polar surface area (TPSA) is 49.6 Å². The Hall–Kier alpha value is -0.440. The molecule has 0 aromatic carbocycles. The summed E-state index contributed by atoms with van der Waals surface area (Å²) in [5, 5.41) is 10.3. The van der Waals surface area contributed by atoms with Crippen LogP contribution in [-0.4, -0.2) is 22.0 Å². The van der Waals surface area contributed by atoms with Crippen LogP contribution in [0.3, 0.4) is 0 Å². The first-order valence-electron chi connectivity index (χ1n) is 3.87. The Morgan fingerprint density at radius 3 is 2.71 bits per heavy atom. The minimum atomic E-state index is 0.239. The van der Waals surface area contributed by atoms with E-state index < -0.39 is 0 Å². The maximum absolute atomic E-state index is 8.82. The Balaban J connectivity index is 3.19. The first-order chi connectivity index (χ1) is 6.72. The van der Waals surface area contributed by atoms with Gasteiger partial charge in [-0.25, -0.2) is 9.97 Å². The molecule has 0 aliphatic heterocycles. The molecule has 0 amide bonds. The highest BCUT2D eigenvalue weighted by Crippen LogP contribution is 2.26. The van der Waals surface area contributed by atoms with Crippen LogP contribution in [0.1, 0.15) is 12.5 Å². The van der Waals surface area contributed by atoms with Crippen molar-refractivity contribution < 1.29 is 0 Å². The lowest BCUT2D eigenvalue weighted by Gasteiger charge is -2.03. The highest BCUT2D eigenvalue weighted by Gasteiger charge is 2.11. The van der Waals surface area contributed by atoms with E-state index in [0.717, 1.165) is 5.75 Å². The fraction of sp³-hybridized carbons (Fsp3) is 0.375. The normalized spacial score (nSPS) is 9.86. The van der Waals surface area contributed by atoms with Crippen LogP contribution < -0.4 is 0 Å². The van der Waals surface area contributed by atoms with E-state index in [4.69, 9.17) is 16.9 Å². The van der Waals surface area contributed by atoms with E-state index in [1.807, 2.05) is 19.2 Å². The van der Waals surface area contributed by atoms with E-state index in [0.29, 0.717) is 15.7 Å². The summed E-state index contributed by atoms with van der Waals surface area (Å²) >= 11 is 8.76.